The molecular weight excluding hydrogens is 471 g/mol. The number of fused-ring (bicyclic) bond motifs is 1. The first kappa shape index (κ1) is 25.6. The number of carbonyl (C=O) groups excluding carboxylic acids is 1. The molecule has 0 radical (unpaired) electrons. The fraction of sp³-hybridized carbons (Fsp3) is 0.552. The van der Waals surface area contributed by atoms with E-state index in [4.69, 9.17) is 4.98 Å². The maximum absolute atomic E-state index is 15.2. The molecule has 37 heavy (non-hydrogen) atoms. The van der Waals surface area contributed by atoms with Crippen molar-refractivity contribution in [3.8, 4) is 0 Å². The number of carboxylic acids is 1. The first-order chi connectivity index (χ1) is 18.0. The van der Waals surface area contributed by atoms with Crippen molar-refractivity contribution in [3.63, 3.8) is 0 Å². The van der Waals surface area contributed by atoms with Crippen LogP contribution in [0.4, 0.5) is 10.2 Å². The van der Waals surface area contributed by atoms with Crippen molar-refractivity contribution in [2.45, 2.75) is 69.7 Å². The largest absolute Gasteiger partial charge is 0.481 e. The minimum atomic E-state index is -1.06. The quantitative estimate of drug-likeness (QED) is 0.440. The number of anilines is 1. The summed E-state index contributed by atoms with van der Waals surface area (Å²) in [5.74, 6) is -0.611. The molecule has 3 heterocycles. The van der Waals surface area contributed by atoms with Crippen LogP contribution in [0.2, 0.25) is 0 Å². The number of nitrogens with one attached hydrogen (secondary N) is 2. The number of carbonyl (C=O) groups is 2. The maximum atomic E-state index is 15.2. The molecule has 3 N–H and O–H groups in total. The fourth-order valence-corrected chi connectivity index (χ4v) is 5.71. The third-order valence-corrected chi connectivity index (χ3v) is 7.88. The summed E-state index contributed by atoms with van der Waals surface area (Å²) in [6.07, 6.45) is 7.31. The number of aromatic nitrogens is 1. The van der Waals surface area contributed by atoms with E-state index in [1.165, 1.54) is 5.56 Å². The summed E-state index contributed by atoms with van der Waals surface area (Å²) < 4.78 is 15.2. The molecule has 0 bridgehead atoms. The van der Waals surface area contributed by atoms with Crippen LogP contribution in [0.3, 0.4) is 0 Å². The van der Waals surface area contributed by atoms with Crippen molar-refractivity contribution in [3.05, 3.63) is 58.5 Å². The van der Waals surface area contributed by atoms with Gasteiger partial charge in [-0.15, -0.1) is 0 Å². The van der Waals surface area contributed by atoms with Crippen LogP contribution >= 0.6 is 0 Å². The molecule has 1 aliphatic carbocycles. The molecule has 5 rings (SSSR count). The molecular formula is C29H37FN4O3. The smallest absolute Gasteiger partial charge is 0.305 e. The van der Waals surface area contributed by atoms with Gasteiger partial charge in [0, 0.05) is 24.3 Å². The van der Waals surface area contributed by atoms with Crippen LogP contribution in [0, 0.1) is 11.7 Å². The second-order valence-electron chi connectivity index (χ2n) is 10.8. The van der Waals surface area contributed by atoms with E-state index in [1.807, 2.05) is 0 Å². The minimum absolute atomic E-state index is 0.186. The molecule has 2 atom stereocenters. The molecule has 2 aliphatic heterocycles. The highest BCUT2D eigenvalue weighted by Crippen LogP contribution is 2.42. The number of halogens is 1. The molecule has 1 aromatic carbocycles. The molecule has 0 spiro atoms. The number of hydrogen-bond donors (Lipinski definition) is 3. The highest BCUT2D eigenvalue weighted by atomic mass is 19.1. The van der Waals surface area contributed by atoms with E-state index in [2.05, 4.69) is 27.7 Å². The van der Waals surface area contributed by atoms with Crippen LogP contribution in [-0.4, -0.2) is 53.0 Å². The van der Waals surface area contributed by atoms with E-state index in [0.717, 1.165) is 82.5 Å². The van der Waals surface area contributed by atoms with Crippen LogP contribution in [0.5, 0.6) is 0 Å². The number of aryl methyl sites for hydroxylation is 2. The van der Waals surface area contributed by atoms with Gasteiger partial charge < -0.3 is 20.6 Å². The topological polar surface area (TPSA) is 94.6 Å². The highest BCUT2D eigenvalue weighted by Gasteiger charge is 2.32. The first-order valence-corrected chi connectivity index (χ1v) is 13.7. The zero-order chi connectivity index (χ0) is 25.8. The number of carboxylic acid groups (broad SMARTS) is 1. The lowest BCUT2D eigenvalue weighted by Crippen LogP contribution is -2.44. The van der Waals surface area contributed by atoms with E-state index in [9.17, 15) is 14.7 Å². The van der Waals surface area contributed by atoms with E-state index in [1.54, 1.807) is 18.2 Å². The lowest BCUT2D eigenvalue weighted by atomic mass is 9.94. The number of amides is 1. The molecule has 1 aromatic heterocycles. The Balaban J connectivity index is 1.16. The Morgan fingerprint density at radius 1 is 1.19 bits per heavy atom. The molecule has 2 fully saturated rings. The van der Waals surface area contributed by atoms with Gasteiger partial charge in [0.2, 0.25) is 5.91 Å². The molecule has 0 unspecified atom stereocenters. The van der Waals surface area contributed by atoms with Crippen LogP contribution in [-0.2, 0) is 22.4 Å². The Hall–Kier alpha value is -3.00. The number of piperidine rings is 1. The van der Waals surface area contributed by atoms with Gasteiger partial charge in [-0.2, -0.15) is 0 Å². The average Bonchev–Trinajstić information content (AvgIpc) is 3.74. The van der Waals surface area contributed by atoms with E-state index >= 15 is 4.39 Å². The number of rotatable bonds is 10. The predicted molar refractivity (Wildman–Crippen MR) is 140 cm³/mol. The predicted octanol–water partition coefficient (Wildman–Crippen LogP) is 4.43. The summed E-state index contributed by atoms with van der Waals surface area (Å²) in [6.45, 7) is 3.44. The number of benzene rings is 1. The van der Waals surface area contributed by atoms with Crippen LogP contribution in [0.25, 0.3) is 0 Å². The van der Waals surface area contributed by atoms with Crippen LogP contribution in [0.15, 0.2) is 30.3 Å². The number of aliphatic carboxylic acids is 1. The average molecular weight is 509 g/mol. The second kappa shape index (κ2) is 11.6. The van der Waals surface area contributed by atoms with Crippen molar-refractivity contribution in [2.24, 2.45) is 5.92 Å². The fourth-order valence-electron chi connectivity index (χ4n) is 5.71. The van der Waals surface area contributed by atoms with Gasteiger partial charge in [-0.1, -0.05) is 24.3 Å². The Labute approximate surface area is 217 Å². The van der Waals surface area contributed by atoms with Crippen LogP contribution < -0.4 is 10.6 Å². The Morgan fingerprint density at radius 3 is 2.86 bits per heavy atom. The second-order valence-corrected chi connectivity index (χ2v) is 10.8. The zero-order valence-electron chi connectivity index (χ0n) is 21.3. The third kappa shape index (κ3) is 6.47. The van der Waals surface area contributed by atoms with E-state index < -0.39 is 12.0 Å². The Morgan fingerprint density at radius 2 is 2.05 bits per heavy atom. The standard InChI is InChI=1S/C29H37FN4O3/c30-27-23(19-10-11-19)8-1-9-24(27)25(17-26(35)36)33-29(37)21-6-3-15-34(18-21)16-4-7-22-13-12-20-5-2-14-31-28(20)32-22/h1,8-9,12-13,19,21,25H,2-7,10-11,14-18H2,(H,31,32)(H,33,37)(H,35,36)/t21-,25+/m1/s1. The van der Waals surface area contributed by atoms with Crippen molar-refractivity contribution in [1.82, 2.24) is 15.2 Å². The third-order valence-electron chi connectivity index (χ3n) is 7.88. The van der Waals surface area contributed by atoms with E-state index in [0.29, 0.717) is 12.1 Å². The molecule has 3 aliphatic rings. The summed E-state index contributed by atoms with van der Waals surface area (Å²) in [5, 5.41) is 15.7. The van der Waals surface area contributed by atoms with Crippen molar-refractivity contribution in [1.29, 1.82) is 0 Å². The van der Waals surface area contributed by atoms with Crippen molar-refractivity contribution < 1.29 is 19.1 Å². The number of nitrogens with zero attached hydrogens (tertiary/aromatic N) is 2. The summed E-state index contributed by atoms with van der Waals surface area (Å²) in [6, 6.07) is 8.57. The van der Waals surface area contributed by atoms with Gasteiger partial charge in [-0.05, 0) is 87.6 Å². The lowest BCUT2D eigenvalue weighted by Gasteiger charge is -2.33. The molecule has 8 heteroatoms. The van der Waals surface area contributed by atoms with E-state index in [-0.39, 0.29) is 35.5 Å². The van der Waals surface area contributed by atoms with Gasteiger partial charge in [0.15, 0.2) is 0 Å². The van der Waals surface area contributed by atoms with Gasteiger partial charge in [-0.3, -0.25) is 9.59 Å². The molecule has 2 aromatic rings. The molecule has 1 saturated carbocycles. The molecule has 1 saturated heterocycles. The molecule has 198 valence electrons. The number of likely N-dealkylation sites (tertiary alicyclic amines) is 1. The lowest BCUT2D eigenvalue weighted by molar-refractivity contribution is -0.138. The number of pyridine rings is 1. The normalized spacial score (nSPS) is 20.5. The van der Waals surface area contributed by atoms with Gasteiger partial charge in [-0.25, -0.2) is 9.37 Å². The summed E-state index contributed by atoms with van der Waals surface area (Å²) >= 11 is 0. The van der Waals surface area contributed by atoms with Gasteiger partial charge in [0.1, 0.15) is 11.6 Å². The minimum Gasteiger partial charge on any atom is -0.481 e. The summed E-state index contributed by atoms with van der Waals surface area (Å²) in [4.78, 5) is 31.9. The van der Waals surface area contributed by atoms with Crippen molar-refractivity contribution in [2.75, 3.05) is 31.5 Å². The maximum Gasteiger partial charge on any atom is 0.305 e. The molecule has 7 nitrogen and oxygen atoms in total. The highest BCUT2D eigenvalue weighted by molar-refractivity contribution is 5.80. The Bertz CT molecular complexity index is 1140. The van der Waals surface area contributed by atoms with Gasteiger partial charge in [0.25, 0.3) is 0 Å². The van der Waals surface area contributed by atoms with Gasteiger partial charge in [0.05, 0.1) is 18.4 Å². The SMILES string of the molecule is O=C(O)C[C@H](NC(=O)[C@@H]1CCCN(CCCc2ccc3c(n2)NCCC3)C1)c1cccc(C2CC2)c1F. The first-order valence-electron chi connectivity index (χ1n) is 13.7. The summed E-state index contributed by atoms with van der Waals surface area (Å²) in [7, 11) is 0. The molecule has 1 amide bonds. The van der Waals surface area contributed by atoms with Gasteiger partial charge >= 0.3 is 5.97 Å². The zero-order valence-corrected chi connectivity index (χ0v) is 21.3. The van der Waals surface area contributed by atoms with Crippen molar-refractivity contribution >= 4 is 17.7 Å². The number of hydrogen-bond acceptors (Lipinski definition) is 5. The summed E-state index contributed by atoms with van der Waals surface area (Å²) in [5.41, 5.74) is 3.29. The Kier molecular flexibility index (Phi) is 8.03. The van der Waals surface area contributed by atoms with Crippen LogP contribution in [0.1, 0.15) is 79.3 Å². The monoisotopic (exact) mass is 508 g/mol.